The first-order chi connectivity index (χ1) is 14.6. The molecular weight excluding hydrogens is 413 g/mol. The van der Waals surface area contributed by atoms with Crippen LogP contribution in [0.2, 0.25) is 0 Å². The first kappa shape index (κ1) is 20.5. The van der Waals surface area contributed by atoms with Crippen LogP contribution in [-0.4, -0.2) is 30.9 Å². The highest BCUT2D eigenvalue weighted by atomic mass is 19.4. The summed E-state index contributed by atoms with van der Waals surface area (Å²) in [6, 6.07) is 6.97. The zero-order valence-electron chi connectivity index (χ0n) is 16.5. The molecule has 4 aromatic rings. The number of rotatable bonds is 4. The Morgan fingerprint density at radius 2 is 2.00 bits per heavy atom. The Kier molecular flexibility index (Phi) is 4.96. The number of aromatic nitrogens is 5. The van der Waals surface area contributed by atoms with E-state index in [0.717, 1.165) is 27.7 Å². The van der Waals surface area contributed by atoms with Gasteiger partial charge in [-0.3, -0.25) is 14.7 Å². The summed E-state index contributed by atoms with van der Waals surface area (Å²) in [6.45, 7) is 3.03. The van der Waals surface area contributed by atoms with Crippen molar-refractivity contribution >= 4 is 33.4 Å². The molecule has 1 aromatic carbocycles. The zero-order chi connectivity index (χ0) is 22.3. The Morgan fingerprint density at radius 1 is 1.23 bits per heavy atom. The second-order valence-corrected chi connectivity index (χ2v) is 7.31. The number of carbonyl (C=O) groups excluding carboxylic acids is 1. The molecule has 3 heterocycles. The summed E-state index contributed by atoms with van der Waals surface area (Å²) in [7, 11) is 0. The number of aromatic amines is 1. The standard InChI is InChI=1S/C20H17F3N6O2/c1-10(2)17-18-13(5-6-15(26-18)20(21,22)23)19(31)29(28-17)9-16(30)25-12-4-3-11-8-24-27-14(11)7-12/h3-8,10H,9H2,1-2H3,(H,24,27)(H,25,30). The van der Waals surface area contributed by atoms with Crippen molar-refractivity contribution in [2.24, 2.45) is 0 Å². The molecule has 31 heavy (non-hydrogen) atoms. The molecule has 0 saturated heterocycles. The van der Waals surface area contributed by atoms with Gasteiger partial charge in [0.25, 0.3) is 5.56 Å². The summed E-state index contributed by atoms with van der Waals surface area (Å²) in [5.74, 6) is -0.835. The van der Waals surface area contributed by atoms with Crippen molar-refractivity contribution in [2.75, 3.05) is 5.32 Å². The average molecular weight is 430 g/mol. The van der Waals surface area contributed by atoms with Crippen molar-refractivity contribution in [3.05, 3.63) is 58.3 Å². The number of hydrogen-bond acceptors (Lipinski definition) is 5. The zero-order valence-corrected chi connectivity index (χ0v) is 16.5. The summed E-state index contributed by atoms with van der Waals surface area (Å²) in [5, 5.41) is 14.4. The summed E-state index contributed by atoms with van der Waals surface area (Å²) < 4.78 is 40.1. The molecule has 8 nitrogen and oxygen atoms in total. The Hall–Kier alpha value is -3.76. The number of halogens is 3. The SMILES string of the molecule is CC(C)c1nn(CC(=O)Nc2ccc3cn[nH]c3c2)c(=O)c2ccc(C(F)(F)F)nc12. The van der Waals surface area contributed by atoms with Crippen molar-refractivity contribution in [2.45, 2.75) is 32.5 Å². The van der Waals surface area contributed by atoms with E-state index in [1.807, 2.05) is 0 Å². The van der Waals surface area contributed by atoms with Gasteiger partial charge < -0.3 is 5.32 Å². The molecule has 0 aliphatic carbocycles. The maximum Gasteiger partial charge on any atom is 0.433 e. The van der Waals surface area contributed by atoms with Gasteiger partial charge in [-0.15, -0.1) is 0 Å². The van der Waals surface area contributed by atoms with Gasteiger partial charge in [0.15, 0.2) is 0 Å². The predicted octanol–water partition coefficient (Wildman–Crippen LogP) is 3.45. The van der Waals surface area contributed by atoms with Crippen LogP contribution in [0.4, 0.5) is 18.9 Å². The lowest BCUT2D eigenvalue weighted by Gasteiger charge is -2.14. The number of amides is 1. The van der Waals surface area contributed by atoms with E-state index in [9.17, 15) is 22.8 Å². The average Bonchev–Trinajstić information content (AvgIpc) is 3.16. The van der Waals surface area contributed by atoms with Crippen molar-refractivity contribution in [3.8, 4) is 0 Å². The quantitative estimate of drug-likeness (QED) is 0.516. The number of nitrogens with one attached hydrogen (secondary N) is 2. The first-order valence-electron chi connectivity index (χ1n) is 9.35. The van der Waals surface area contributed by atoms with Gasteiger partial charge in [-0.1, -0.05) is 13.8 Å². The number of alkyl halides is 3. The van der Waals surface area contributed by atoms with E-state index >= 15 is 0 Å². The molecule has 0 radical (unpaired) electrons. The Labute approximate surface area is 173 Å². The first-order valence-corrected chi connectivity index (χ1v) is 9.35. The van der Waals surface area contributed by atoms with Crippen LogP contribution in [0.15, 0.2) is 41.3 Å². The minimum Gasteiger partial charge on any atom is -0.324 e. The normalized spacial score (nSPS) is 12.1. The van der Waals surface area contributed by atoms with E-state index in [1.54, 1.807) is 38.2 Å². The highest BCUT2D eigenvalue weighted by Gasteiger charge is 2.33. The van der Waals surface area contributed by atoms with Gasteiger partial charge in [-0.25, -0.2) is 9.67 Å². The van der Waals surface area contributed by atoms with Crippen LogP contribution in [0, 0.1) is 0 Å². The topological polar surface area (TPSA) is 106 Å². The molecule has 4 rings (SSSR count). The third-order valence-electron chi connectivity index (χ3n) is 4.69. The van der Waals surface area contributed by atoms with Crippen LogP contribution in [0.1, 0.15) is 31.2 Å². The predicted molar refractivity (Wildman–Crippen MR) is 108 cm³/mol. The number of carbonyl (C=O) groups is 1. The molecule has 0 unspecified atom stereocenters. The monoisotopic (exact) mass is 430 g/mol. The Morgan fingerprint density at radius 3 is 2.71 bits per heavy atom. The smallest absolute Gasteiger partial charge is 0.324 e. The van der Waals surface area contributed by atoms with Gasteiger partial charge in [-0.2, -0.15) is 23.4 Å². The molecule has 1 amide bonds. The van der Waals surface area contributed by atoms with Gasteiger partial charge in [0.05, 0.1) is 22.8 Å². The number of pyridine rings is 1. The largest absolute Gasteiger partial charge is 0.433 e. The molecule has 0 atom stereocenters. The number of nitrogens with zero attached hydrogens (tertiary/aromatic N) is 4. The second kappa shape index (κ2) is 7.49. The minimum atomic E-state index is -4.65. The second-order valence-electron chi connectivity index (χ2n) is 7.31. The van der Waals surface area contributed by atoms with E-state index in [1.165, 1.54) is 0 Å². The lowest BCUT2D eigenvalue weighted by atomic mass is 10.1. The van der Waals surface area contributed by atoms with Crippen molar-refractivity contribution in [1.82, 2.24) is 25.0 Å². The van der Waals surface area contributed by atoms with Crippen molar-refractivity contribution < 1.29 is 18.0 Å². The molecule has 160 valence electrons. The lowest BCUT2D eigenvalue weighted by Crippen LogP contribution is -2.31. The van der Waals surface area contributed by atoms with Gasteiger partial charge in [0.2, 0.25) is 5.91 Å². The van der Waals surface area contributed by atoms with Crippen LogP contribution in [-0.2, 0) is 17.5 Å². The van der Waals surface area contributed by atoms with Crippen LogP contribution >= 0.6 is 0 Å². The minimum absolute atomic E-state index is 0.0293. The van der Waals surface area contributed by atoms with E-state index in [-0.39, 0.29) is 22.5 Å². The van der Waals surface area contributed by atoms with Gasteiger partial charge >= 0.3 is 6.18 Å². The fourth-order valence-electron chi connectivity index (χ4n) is 3.19. The third kappa shape index (κ3) is 3.98. The van der Waals surface area contributed by atoms with E-state index in [0.29, 0.717) is 5.69 Å². The highest BCUT2D eigenvalue weighted by molar-refractivity contribution is 5.93. The van der Waals surface area contributed by atoms with Crippen LogP contribution in [0.5, 0.6) is 0 Å². The maximum atomic E-state index is 13.1. The van der Waals surface area contributed by atoms with E-state index in [2.05, 4.69) is 25.6 Å². The van der Waals surface area contributed by atoms with Gasteiger partial charge in [0, 0.05) is 11.1 Å². The highest BCUT2D eigenvalue weighted by Crippen LogP contribution is 2.30. The number of fused-ring (bicyclic) bond motifs is 2. The molecule has 0 spiro atoms. The van der Waals surface area contributed by atoms with Crippen molar-refractivity contribution in [1.29, 1.82) is 0 Å². The fourth-order valence-corrected chi connectivity index (χ4v) is 3.19. The van der Waals surface area contributed by atoms with E-state index < -0.39 is 29.9 Å². The fraction of sp³-hybridized carbons (Fsp3) is 0.250. The van der Waals surface area contributed by atoms with Crippen molar-refractivity contribution in [3.63, 3.8) is 0 Å². The molecule has 0 aliphatic heterocycles. The molecule has 0 fully saturated rings. The number of benzene rings is 1. The van der Waals surface area contributed by atoms with E-state index in [4.69, 9.17) is 0 Å². The summed E-state index contributed by atoms with van der Waals surface area (Å²) in [5.41, 5.74) is -0.486. The number of anilines is 1. The Bertz CT molecular complexity index is 1360. The molecular formula is C20H17F3N6O2. The maximum absolute atomic E-state index is 13.1. The number of hydrogen-bond donors (Lipinski definition) is 2. The summed E-state index contributed by atoms with van der Waals surface area (Å²) in [6.07, 6.45) is -3.00. The summed E-state index contributed by atoms with van der Waals surface area (Å²) in [4.78, 5) is 28.9. The third-order valence-corrected chi connectivity index (χ3v) is 4.69. The molecule has 3 aromatic heterocycles. The Balaban J connectivity index is 1.68. The molecule has 0 aliphatic rings. The lowest BCUT2D eigenvalue weighted by molar-refractivity contribution is -0.141. The molecule has 0 saturated carbocycles. The van der Waals surface area contributed by atoms with Gasteiger partial charge in [-0.05, 0) is 36.2 Å². The molecule has 11 heteroatoms. The van der Waals surface area contributed by atoms with Crippen LogP contribution in [0.3, 0.4) is 0 Å². The number of H-pyrrole nitrogens is 1. The van der Waals surface area contributed by atoms with Gasteiger partial charge in [0.1, 0.15) is 17.8 Å². The van der Waals surface area contributed by atoms with Crippen LogP contribution in [0.25, 0.3) is 21.8 Å². The van der Waals surface area contributed by atoms with Crippen LogP contribution < -0.4 is 10.9 Å². The summed E-state index contributed by atoms with van der Waals surface area (Å²) >= 11 is 0. The molecule has 2 N–H and O–H groups in total. The molecule has 0 bridgehead atoms.